The van der Waals surface area contributed by atoms with Gasteiger partial charge in [0, 0.05) is 26.4 Å². The van der Waals surface area contributed by atoms with Gasteiger partial charge in [0.05, 0.1) is 6.04 Å². The molecule has 0 saturated carbocycles. The summed E-state index contributed by atoms with van der Waals surface area (Å²) in [6.07, 6.45) is 0.845. The minimum atomic E-state index is -0.400. The maximum Gasteiger partial charge on any atom is 0.269 e. The molecule has 3 rings (SSSR count). The molecule has 1 aliphatic heterocycles. The molecular formula is C18H19FN4O3. The molecule has 1 saturated heterocycles. The zero-order valence-electron chi connectivity index (χ0n) is 14.3. The van der Waals surface area contributed by atoms with Crippen molar-refractivity contribution in [1.29, 1.82) is 0 Å². The molecule has 2 heterocycles. The van der Waals surface area contributed by atoms with E-state index in [-0.39, 0.29) is 41.4 Å². The van der Waals surface area contributed by atoms with Gasteiger partial charge in [-0.15, -0.1) is 0 Å². The highest BCUT2D eigenvalue weighted by molar-refractivity contribution is 5.98. The van der Waals surface area contributed by atoms with Crippen molar-refractivity contribution in [2.75, 3.05) is 13.1 Å². The summed E-state index contributed by atoms with van der Waals surface area (Å²) in [7, 11) is 0. The number of hydrogen-bond acceptors (Lipinski definition) is 4. The van der Waals surface area contributed by atoms with Crippen LogP contribution in [0.4, 0.5) is 4.39 Å². The number of aromatic nitrogens is 2. The molecule has 0 bridgehead atoms. The van der Waals surface area contributed by atoms with E-state index in [1.807, 2.05) is 0 Å². The first-order valence-corrected chi connectivity index (χ1v) is 8.32. The third-order valence-corrected chi connectivity index (χ3v) is 4.32. The predicted octanol–water partition coefficient (Wildman–Crippen LogP) is 1.32. The van der Waals surface area contributed by atoms with E-state index in [4.69, 9.17) is 0 Å². The van der Waals surface area contributed by atoms with Gasteiger partial charge in [0.1, 0.15) is 17.2 Å². The van der Waals surface area contributed by atoms with Crippen LogP contribution >= 0.6 is 0 Å². The summed E-state index contributed by atoms with van der Waals surface area (Å²) in [5.74, 6) is -0.960. The summed E-state index contributed by atoms with van der Waals surface area (Å²) in [4.78, 5) is 37.2. The van der Waals surface area contributed by atoms with Crippen LogP contribution in [0.3, 0.4) is 0 Å². The van der Waals surface area contributed by atoms with Gasteiger partial charge in [-0.05, 0) is 30.2 Å². The van der Waals surface area contributed by atoms with Crippen LogP contribution in [0.25, 0.3) is 0 Å². The highest BCUT2D eigenvalue weighted by Gasteiger charge is 2.30. The molecular weight excluding hydrogens is 339 g/mol. The van der Waals surface area contributed by atoms with Crippen LogP contribution in [0.5, 0.6) is 0 Å². The molecule has 136 valence electrons. The largest absolute Gasteiger partial charge is 0.346 e. The molecule has 2 amide bonds. The third-order valence-electron chi connectivity index (χ3n) is 4.32. The Hall–Kier alpha value is -3.03. The highest BCUT2D eigenvalue weighted by Crippen LogP contribution is 2.13. The smallest absolute Gasteiger partial charge is 0.269 e. The maximum absolute atomic E-state index is 12.9. The number of amides is 2. The lowest BCUT2D eigenvalue weighted by atomic mass is 10.1. The van der Waals surface area contributed by atoms with Crippen molar-refractivity contribution in [1.82, 2.24) is 20.4 Å². The molecule has 1 fully saturated rings. The summed E-state index contributed by atoms with van der Waals surface area (Å²) in [5.41, 5.74) is 1.33. The van der Waals surface area contributed by atoms with Gasteiger partial charge < -0.3 is 10.2 Å². The Bertz CT molecular complexity index is 831. The lowest BCUT2D eigenvalue weighted by Gasteiger charge is -2.17. The fraction of sp³-hybridized carbons (Fsp3) is 0.333. The van der Waals surface area contributed by atoms with Crippen molar-refractivity contribution >= 4 is 17.6 Å². The first-order chi connectivity index (χ1) is 12.4. The number of nitrogens with one attached hydrogen (secondary N) is 2. The van der Waals surface area contributed by atoms with Crippen molar-refractivity contribution in [3.8, 4) is 0 Å². The second-order valence-electron chi connectivity index (χ2n) is 6.31. The number of benzene rings is 1. The molecule has 7 nitrogen and oxygen atoms in total. The minimum absolute atomic E-state index is 0.0357. The standard InChI is InChI=1S/C18H19FN4O3/c1-11(24)15-9-16(22-21-15)18(26)20-14-8-17(25)23(10-14)7-6-12-2-4-13(19)5-3-12/h2-5,9,14H,6-8,10H2,1H3,(H,20,26)(H,21,22). The average Bonchev–Trinajstić information content (AvgIpc) is 3.22. The Morgan fingerprint density at radius 2 is 2.08 bits per heavy atom. The monoisotopic (exact) mass is 358 g/mol. The Morgan fingerprint density at radius 3 is 2.73 bits per heavy atom. The summed E-state index contributed by atoms with van der Waals surface area (Å²) >= 11 is 0. The van der Waals surface area contributed by atoms with E-state index in [1.165, 1.54) is 25.1 Å². The first-order valence-electron chi connectivity index (χ1n) is 8.32. The summed E-state index contributed by atoms with van der Waals surface area (Å²) in [6.45, 7) is 2.29. The van der Waals surface area contributed by atoms with E-state index in [2.05, 4.69) is 15.5 Å². The number of ketones is 1. The van der Waals surface area contributed by atoms with E-state index in [1.54, 1.807) is 17.0 Å². The lowest BCUT2D eigenvalue weighted by Crippen LogP contribution is -2.37. The van der Waals surface area contributed by atoms with Gasteiger partial charge in [0.2, 0.25) is 5.91 Å². The summed E-state index contributed by atoms with van der Waals surface area (Å²) in [5, 5.41) is 9.07. The van der Waals surface area contributed by atoms with E-state index in [0.717, 1.165) is 5.56 Å². The molecule has 1 aromatic carbocycles. The lowest BCUT2D eigenvalue weighted by molar-refractivity contribution is -0.127. The Balaban J connectivity index is 1.52. The van der Waals surface area contributed by atoms with Gasteiger partial charge in [0.15, 0.2) is 5.78 Å². The second-order valence-corrected chi connectivity index (χ2v) is 6.31. The summed E-state index contributed by atoms with van der Waals surface area (Å²) < 4.78 is 12.9. The number of nitrogens with zero attached hydrogens (tertiary/aromatic N) is 2. The Kier molecular flexibility index (Phi) is 5.11. The molecule has 1 atom stereocenters. The molecule has 2 aromatic rings. The van der Waals surface area contributed by atoms with Crippen LogP contribution < -0.4 is 5.32 Å². The number of aromatic amines is 1. The number of likely N-dealkylation sites (tertiary alicyclic amines) is 1. The van der Waals surface area contributed by atoms with Crippen LogP contribution in [-0.4, -0.2) is 51.8 Å². The topological polar surface area (TPSA) is 95.2 Å². The zero-order valence-corrected chi connectivity index (χ0v) is 14.3. The Morgan fingerprint density at radius 1 is 1.35 bits per heavy atom. The summed E-state index contributed by atoms with van der Waals surface area (Å²) in [6, 6.07) is 7.27. The fourth-order valence-electron chi connectivity index (χ4n) is 2.88. The first kappa shape index (κ1) is 17.8. The van der Waals surface area contributed by atoms with Crippen LogP contribution in [0.2, 0.25) is 0 Å². The zero-order chi connectivity index (χ0) is 18.7. The molecule has 26 heavy (non-hydrogen) atoms. The van der Waals surface area contributed by atoms with Gasteiger partial charge in [-0.25, -0.2) is 4.39 Å². The van der Waals surface area contributed by atoms with E-state index in [9.17, 15) is 18.8 Å². The molecule has 2 N–H and O–H groups in total. The van der Waals surface area contributed by atoms with Crippen LogP contribution in [0.15, 0.2) is 30.3 Å². The van der Waals surface area contributed by atoms with Gasteiger partial charge >= 0.3 is 0 Å². The number of hydrogen-bond donors (Lipinski definition) is 2. The number of halogens is 1. The molecule has 1 unspecified atom stereocenters. The van der Waals surface area contributed by atoms with Gasteiger partial charge in [0.25, 0.3) is 5.91 Å². The normalized spacial score (nSPS) is 16.8. The average molecular weight is 358 g/mol. The fourth-order valence-corrected chi connectivity index (χ4v) is 2.88. The van der Waals surface area contributed by atoms with Crippen molar-refractivity contribution < 1.29 is 18.8 Å². The van der Waals surface area contributed by atoms with Crippen LogP contribution in [0, 0.1) is 5.82 Å². The van der Waals surface area contributed by atoms with Gasteiger partial charge in [-0.2, -0.15) is 5.10 Å². The van der Waals surface area contributed by atoms with Crippen molar-refractivity contribution in [3.05, 3.63) is 53.1 Å². The van der Waals surface area contributed by atoms with E-state index >= 15 is 0 Å². The molecule has 0 spiro atoms. The van der Waals surface area contributed by atoms with Gasteiger partial charge in [-0.3, -0.25) is 19.5 Å². The second kappa shape index (κ2) is 7.47. The number of carbonyl (C=O) groups excluding carboxylic acids is 3. The van der Waals surface area contributed by atoms with Crippen molar-refractivity contribution in [2.24, 2.45) is 0 Å². The molecule has 1 aromatic heterocycles. The Labute approximate surface area is 149 Å². The van der Waals surface area contributed by atoms with Crippen LogP contribution in [0.1, 0.15) is 39.9 Å². The van der Waals surface area contributed by atoms with E-state index < -0.39 is 5.91 Å². The highest BCUT2D eigenvalue weighted by atomic mass is 19.1. The maximum atomic E-state index is 12.9. The van der Waals surface area contributed by atoms with Gasteiger partial charge in [-0.1, -0.05) is 12.1 Å². The molecule has 0 aliphatic carbocycles. The van der Waals surface area contributed by atoms with Crippen LogP contribution in [-0.2, 0) is 11.2 Å². The SMILES string of the molecule is CC(=O)c1cc(C(=O)NC2CC(=O)N(CCc3ccc(F)cc3)C2)[nH]n1. The number of rotatable bonds is 6. The third kappa shape index (κ3) is 4.14. The quantitative estimate of drug-likeness (QED) is 0.762. The minimum Gasteiger partial charge on any atom is -0.346 e. The van der Waals surface area contributed by atoms with Crippen molar-refractivity contribution in [2.45, 2.75) is 25.8 Å². The predicted molar refractivity (Wildman–Crippen MR) is 91.1 cm³/mol. The van der Waals surface area contributed by atoms with Crippen molar-refractivity contribution in [3.63, 3.8) is 0 Å². The van der Waals surface area contributed by atoms with E-state index in [0.29, 0.717) is 19.5 Å². The molecule has 0 radical (unpaired) electrons. The molecule has 8 heteroatoms. The number of H-pyrrole nitrogens is 1. The number of Topliss-reactive ketones (excluding diaryl/α,β-unsaturated/α-hetero) is 1. The molecule has 1 aliphatic rings. The number of carbonyl (C=O) groups is 3.